The first-order valence-electron chi connectivity index (χ1n) is 6.80. The van der Waals surface area contributed by atoms with Gasteiger partial charge < -0.3 is 15.7 Å². The van der Waals surface area contributed by atoms with Crippen molar-refractivity contribution in [1.29, 1.82) is 0 Å². The van der Waals surface area contributed by atoms with E-state index < -0.39 is 0 Å². The van der Waals surface area contributed by atoms with Gasteiger partial charge >= 0.3 is 0 Å². The molecule has 0 aromatic rings. The van der Waals surface area contributed by atoms with Crippen LogP contribution in [0.5, 0.6) is 0 Å². The second kappa shape index (κ2) is 7.67. The molecule has 0 heterocycles. The maximum atomic E-state index is 11.7. The molecule has 3 N–H and O–H groups in total. The molecular formula is C13H26N2O2. The average Bonchev–Trinajstić information content (AvgIpc) is 2.44. The third-order valence-electron chi connectivity index (χ3n) is 3.23. The third-order valence-corrected chi connectivity index (χ3v) is 3.23. The second-order valence-corrected chi connectivity index (χ2v) is 5.24. The van der Waals surface area contributed by atoms with E-state index in [2.05, 4.69) is 24.5 Å². The summed E-state index contributed by atoms with van der Waals surface area (Å²) in [5, 5.41) is 16.0. The summed E-state index contributed by atoms with van der Waals surface area (Å²) in [6.45, 7) is 4.83. The molecule has 2 unspecified atom stereocenters. The Kier molecular flexibility index (Phi) is 6.52. The van der Waals surface area contributed by atoms with Gasteiger partial charge in [0.1, 0.15) is 0 Å². The number of hydrogen-bond donors (Lipinski definition) is 3. The van der Waals surface area contributed by atoms with Gasteiger partial charge in [0.25, 0.3) is 0 Å². The molecule has 0 spiro atoms. The number of aliphatic hydroxyl groups is 1. The largest absolute Gasteiger partial charge is 0.391 e. The fraction of sp³-hybridized carbons (Fsp3) is 0.923. The molecule has 17 heavy (non-hydrogen) atoms. The lowest BCUT2D eigenvalue weighted by atomic mass is 10.1. The molecule has 100 valence electrons. The quantitative estimate of drug-likeness (QED) is 0.635. The number of hydrogen-bond acceptors (Lipinski definition) is 3. The van der Waals surface area contributed by atoms with Gasteiger partial charge in [-0.3, -0.25) is 4.79 Å². The number of carbonyl (C=O) groups is 1. The Hall–Kier alpha value is -0.610. The molecule has 2 atom stereocenters. The Labute approximate surface area is 104 Å². The highest BCUT2D eigenvalue weighted by atomic mass is 16.3. The zero-order valence-electron chi connectivity index (χ0n) is 11.0. The van der Waals surface area contributed by atoms with Crippen molar-refractivity contribution < 1.29 is 9.90 Å². The van der Waals surface area contributed by atoms with Gasteiger partial charge in [-0.05, 0) is 12.8 Å². The van der Waals surface area contributed by atoms with E-state index in [0.717, 1.165) is 25.7 Å². The molecule has 0 radical (unpaired) electrons. The molecule has 1 aliphatic carbocycles. The maximum absolute atomic E-state index is 11.7. The van der Waals surface area contributed by atoms with Crippen molar-refractivity contribution in [2.24, 2.45) is 0 Å². The molecule has 4 heteroatoms. The van der Waals surface area contributed by atoms with Crippen LogP contribution in [0.25, 0.3) is 0 Å². The molecule has 1 saturated carbocycles. The van der Waals surface area contributed by atoms with Gasteiger partial charge in [0, 0.05) is 19.0 Å². The monoisotopic (exact) mass is 242 g/mol. The first-order valence-corrected chi connectivity index (χ1v) is 6.80. The Morgan fingerprint density at radius 3 is 2.71 bits per heavy atom. The smallest absolute Gasteiger partial charge is 0.221 e. The van der Waals surface area contributed by atoms with Crippen LogP contribution >= 0.6 is 0 Å². The van der Waals surface area contributed by atoms with E-state index in [0.29, 0.717) is 19.0 Å². The number of carbonyl (C=O) groups excluding carboxylic acids is 1. The van der Waals surface area contributed by atoms with Gasteiger partial charge in [-0.2, -0.15) is 0 Å². The molecule has 1 amide bonds. The minimum atomic E-state index is -0.362. The van der Waals surface area contributed by atoms with Gasteiger partial charge in [0.2, 0.25) is 5.91 Å². The first kappa shape index (κ1) is 14.5. The minimum Gasteiger partial charge on any atom is -0.391 e. The van der Waals surface area contributed by atoms with Crippen molar-refractivity contribution in [2.75, 3.05) is 6.54 Å². The lowest BCUT2D eigenvalue weighted by Crippen LogP contribution is -2.43. The Balaban J connectivity index is 2.23. The fourth-order valence-corrected chi connectivity index (χ4v) is 2.21. The predicted molar refractivity (Wildman–Crippen MR) is 68.8 cm³/mol. The Morgan fingerprint density at radius 1 is 1.29 bits per heavy atom. The van der Waals surface area contributed by atoms with Crippen LogP contribution in [-0.2, 0) is 4.79 Å². The molecule has 0 aromatic heterocycles. The van der Waals surface area contributed by atoms with E-state index in [4.69, 9.17) is 0 Å². The van der Waals surface area contributed by atoms with Gasteiger partial charge in [-0.1, -0.05) is 33.1 Å². The van der Waals surface area contributed by atoms with Crippen LogP contribution < -0.4 is 10.6 Å². The summed E-state index contributed by atoms with van der Waals surface area (Å²) in [6.07, 6.45) is 5.19. The van der Waals surface area contributed by atoms with Crippen molar-refractivity contribution >= 4 is 5.91 Å². The lowest BCUT2D eigenvalue weighted by Gasteiger charge is -2.21. The van der Waals surface area contributed by atoms with Gasteiger partial charge in [-0.25, -0.2) is 0 Å². The second-order valence-electron chi connectivity index (χ2n) is 5.24. The Morgan fingerprint density at radius 2 is 2.00 bits per heavy atom. The van der Waals surface area contributed by atoms with E-state index in [1.165, 1.54) is 6.42 Å². The molecule has 0 aliphatic heterocycles. The van der Waals surface area contributed by atoms with Gasteiger partial charge in [0.05, 0.1) is 12.1 Å². The molecule has 1 rings (SSSR count). The molecule has 0 saturated heterocycles. The van der Waals surface area contributed by atoms with Crippen molar-refractivity contribution in [3.63, 3.8) is 0 Å². The summed E-state index contributed by atoms with van der Waals surface area (Å²) >= 11 is 0. The van der Waals surface area contributed by atoms with E-state index >= 15 is 0 Å². The highest BCUT2D eigenvalue weighted by Gasteiger charge is 2.22. The van der Waals surface area contributed by atoms with Crippen LogP contribution in [0.4, 0.5) is 0 Å². The summed E-state index contributed by atoms with van der Waals surface area (Å²) in [4.78, 5) is 11.7. The highest BCUT2D eigenvalue weighted by molar-refractivity contribution is 5.76. The predicted octanol–water partition coefficient (Wildman–Crippen LogP) is 1.18. The Bertz CT molecular complexity index is 231. The van der Waals surface area contributed by atoms with Crippen LogP contribution in [0.1, 0.15) is 52.4 Å². The molecule has 1 fully saturated rings. The molecule has 0 bridgehead atoms. The lowest BCUT2D eigenvalue weighted by molar-refractivity contribution is -0.122. The van der Waals surface area contributed by atoms with Crippen molar-refractivity contribution in [3.8, 4) is 0 Å². The molecule has 0 aromatic carbocycles. The summed E-state index contributed by atoms with van der Waals surface area (Å²) < 4.78 is 0. The van der Waals surface area contributed by atoms with Gasteiger partial charge in [0.15, 0.2) is 0 Å². The number of aliphatic hydroxyl groups excluding tert-OH is 1. The standard InChI is InChI=1S/C13H26N2O2/c1-10(2)14-9-8-13(17)15-11-6-4-3-5-7-12(11)16/h10-12,14,16H,3-9H2,1-2H3,(H,15,17). The normalized spacial score (nSPS) is 25.6. The third kappa shape index (κ3) is 6.03. The summed E-state index contributed by atoms with van der Waals surface area (Å²) in [6, 6.07) is 0.371. The van der Waals surface area contributed by atoms with Crippen LogP contribution in [0.3, 0.4) is 0 Å². The SMILES string of the molecule is CC(C)NCCC(=O)NC1CCCCCC1O. The average molecular weight is 242 g/mol. The van der Waals surface area contributed by atoms with Crippen molar-refractivity contribution in [2.45, 2.75) is 70.6 Å². The first-order chi connectivity index (χ1) is 8.09. The maximum Gasteiger partial charge on any atom is 0.221 e. The summed E-state index contributed by atoms with van der Waals surface area (Å²) in [7, 11) is 0. The van der Waals surface area contributed by atoms with E-state index in [1.54, 1.807) is 0 Å². The molecular weight excluding hydrogens is 216 g/mol. The van der Waals surface area contributed by atoms with E-state index in [-0.39, 0.29) is 18.1 Å². The van der Waals surface area contributed by atoms with Crippen LogP contribution in [-0.4, -0.2) is 35.7 Å². The number of rotatable bonds is 5. The van der Waals surface area contributed by atoms with E-state index in [9.17, 15) is 9.90 Å². The number of amides is 1. The van der Waals surface area contributed by atoms with Crippen LogP contribution in [0, 0.1) is 0 Å². The zero-order valence-corrected chi connectivity index (χ0v) is 11.0. The topological polar surface area (TPSA) is 61.4 Å². The van der Waals surface area contributed by atoms with Crippen molar-refractivity contribution in [3.05, 3.63) is 0 Å². The van der Waals surface area contributed by atoms with E-state index in [1.807, 2.05) is 0 Å². The summed E-state index contributed by atoms with van der Waals surface area (Å²) in [5.74, 6) is 0.0455. The fourth-order valence-electron chi connectivity index (χ4n) is 2.21. The van der Waals surface area contributed by atoms with Crippen LogP contribution in [0.15, 0.2) is 0 Å². The molecule has 4 nitrogen and oxygen atoms in total. The minimum absolute atomic E-state index is 0.0379. The highest BCUT2D eigenvalue weighted by Crippen LogP contribution is 2.17. The number of nitrogens with one attached hydrogen (secondary N) is 2. The molecule has 1 aliphatic rings. The zero-order chi connectivity index (χ0) is 12.7. The van der Waals surface area contributed by atoms with Gasteiger partial charge in [-0.15, -0.1) is 0 Å². The summed E-state index contributed by atoms with van der Waals surface area (Å²) in [5.41, 5.74) is 0. The van der Waals surface area contributed by atoms with Crippen LogP contribution in [0.2, 0.25) is 0 Å². The van der Waals surface area contributed by atoms with Crippen molar-refractivity contribution in [1.82, 2.24) is 10.6 Å².